The van der Waals surface area contributed by atoms with Gasteiger partial charge < -0.3 is 19.7 Å². The Hall–Kier alpha value is -1.61. The van der Waals surface area contributed by atoms with Gasteiger partial charge in [0.25, 0.3) is 0 Å². The zero-order valence-electron chi connectivity index (χ0n) is 12.3. The summed E-state index contributed by atoms with van der Waals surface area (Å²) >= 11 is 0. The van der Waals surface area contributed by atoms with Gasteiger partial charge in [-0.3, -0.25) is 0 Å². The van der Waals surface area contributed by atoms with Crippen LogP contribution in [0.15, 0.2) is 24.3 Å². The highest BCUT2D eigenvalue weighted by Gasteiger charge is 1.97. The molecule has 0 heterocycles. The van der Waals surface area contributed by atoms with Crippen molar-refractivity contribution in [2.75, 3.05) is 47.0 Å². The van der Waals surface area contributed by atoms with Gasteiger partial charge in [-0.05, 0) is 31.8 Å². The normalized spacial score (nSPS) is 10.5. The van der Waals surface area contributed by atoms with E-state index in [9.17, 15) is 0 Å². The van der Waals surface area contributed by atoms with Gasteiger partial charge in [0.05, 0.1) is 13.2 Å². The number of nitrogens with one attached hydrogen (secondary N) is 1. The minimum atomic E-state index is 0.0800. The molecule has 110 valence electrons. The van der Waals surface area contributed by atoms with Crippen LogP contribution in [0.2, 0.25) is 0 Å². The summed E-state index contributed by atoms with van der Waals surface area (Å²) in [4.78, 5) is 2.10. The number of nitrogens with zero attached hydrogens (tertiary/aromatic N) is 2. The second-order valence-electron chi connectivity index (χ2n) is 4.69. The summed E-state index contributed by atoms with van der Waals surface area (Å²) in [7, 11) is 4.06. The number of rotatable bonds is 10. The zero-order valence-corrected chi connectivity index (χ0v) is 12.3. The predicted octanol–water partition coefficient (Wildman–Crippen LogP) is 1.26. The lowest BCUT2D eigenvalue weighted by atomic mass is 10.2. The topological polar surface area (TPSA) is 57.5 Å². The van der Waals surface area contributed by atoms with Crippen molar-refractivity contribution < 1.29 is 9.47 Å². The zero-order chi connectivity index (χ0) is 14.6. The van der Waals surface area contributed by atoms with E-state index >= 15 is 0 Å². The maximum atomic E-state index is 8.47. The fraction of sp³-hybridized carbons (Fsp3) is 0.533. The van der Waals surface area contributed by atoms with Crippen LogP contribution in [0.1, 0.15) is 5.56 Å². The number of hydrogen-bond acceptors (Lipinski definition) is 5. The molecule has 0 saturated heterocycles. The lowest BCUT2D eigenvalue weighted by Crippen LogP contribution is -2.23. The summed E-state index contributed by atoms with van der Waals surface area (Å²) in [6.45, 7) is 4.07. The fourth-order valence-electron chi connectivity index (χ4n) is 1.59. The van der Waals surface area contributed by atoms with Crippen molar-refractivity contribution in [3.8, 4) is 11.8 Å². The summed E-state index contributed by atoms with van der Waals surface area (Å²) in [6, 6.07) is 9.71. The van der Waals surface area contributed by atoms with Gasteiger partial charge in [0.15, 0.2) is 6.61 Å². The molecular formula is C15H23N3O2. The van der Waals surface area contributed by atoms with Crippen LogP contribution in [0.25, 0.3) is 0 Å². The Labute approximate surface area is 121 Å². The minimum Gasteiger partial charge on any atom is -0.479 e. The first-order chi connectivity index (χ1) is 9.72. The molecule has 0 aliphatic carbocycles. The van der Waals surface area contributed by atoms with Crippen molar-refractivity contribution in [2.45, 2.75) is 6.54 Å². The average molecular weight is 277 g/mol. The molecule has 0 bridgehead atoms. The molecule has 0 unspecified atom stereocenters. The Kier molecular flexibility index (Phi) is 8.40. The summed E-state index contributed by atoms with van der Waals surface area (Å²) in [5.41, 5.74) is 1.13. The molecule has 1 rings (SSSR count). The van der Waals surface area contributed by atoms with E-state index in [0.29, 0.717) is 6.61 Å². The van der Waals surface area contributed by atoms with Crippen LogP contribution in [0, 0.1) is 11.3 Å². The Morgan fingerprint density at radius 2 is 2.15 bits per heavy atom. The first-order valence-corrected chi connectivity index (χ1v) is 6.74. The third-order valence-electron chi connectivity index (χ3n) is 2.64. The van der Waals surface area contributed by atoms with Crippen molar-refractivity contribution in [3.63, 3.8) is 0 Å². The van der Waals surface area contributed by atoms with E-state index < -0.39 is 0 Å². The number of likely N-dealkylation sites (N-methyl/N-ethyl adjacent to an activating group) is 1. The summed E-state index contributed by atoms with van der Waals surface area (Å²) < 4.78 is 10.8. The van der Waals surface area contributed by atoms with E-state index in [2.05, 4.69) is 10.2 Å². The van der Waals surface area contributed by atoms with Crippen molar-refractivity contribution in [1.82, 2.24) is 10.2 Å². The first kappa shape index (κ1) is 16.4. The van der Waals surface area contributed by atoms with Crippen molar-refractivity contribution >= 4 is 0 Å². The van der Waals surface area contributed by atoms with Crippen LogP contribution < -0.4 is 10.1 Å². The number of ether oxygens (including phenoxy) is 2. The quantitative estimate of drug-likeness (QED) is 0.652. The van der Waals surface area contributed by atoms with Crippen molar-refractivity contribution in [1.29, 1.82) is 5.26 Å². The van der Waals surface area contributed by atoms with Gasteiger partial charge in [-0.25, -0.2) is 0 Å². The Morgan fingerprint density at radius 3 is 2.90 bits per heavy atom. The van der Waals surface area contributed by atoms with E-state index in [1.165, 1.54) is 0 Å². The highest BCUT2D eigenvalue weighted by Crippen LogP contribution is 2.12. The molecular weight excluding hydrogens is 254 g/mol. The highest BCUT2D eigenvalue weighted by molar-refractivity contribution is 5.28. The van der Waals surface area contributed by atoms with Crippen LogP contribution in [-0.4, -0.2) is 51.9 Å². The standard InChI is InChI=1S/C15H23N3O2/c1-18(2)8-11-19-10-7-17-13-14-4-3-5-15(12-14)20-9-6-16/h3-5,12,17H,7-11,13H2,1-2H3. The minimum absolute atomic E-state index is 0.0800. The highest BCUT2D eigenvalue weighted by atomic mass is 16.5. The molecule has 0 fully saturated rings. The molecule has 20 heavy (non-hydrogen) atoms. The molecule has 0 aromatic heterocycles. The molecule has 1 aromatic carbocycles. The largest absolute Gasteiger partial charge is 0.479 e. The molecule has 5 heteroatoms. The van der Waals surface area contributed by atoms with Crippen LogP contribution >= 0.6 is 0 Å². The van der Waals surface area contributed by atoms with Crippen molar-refractivity contribution in [2.24, 2.45) is 0 Å². The number of hydrogen-bond donors (Lipinski definition) is 1. The first-order valence-electron chi connectivity index (χ1n) is 6.74. The van der Waals surface area contributed by atoms with Gasteiger partial charge >= 0.3 is 0 Å². The second-order valence-corrected chi connectivity index (χ2v) is 4.69. The van der Waals surface area contributed by atoms with E-state index in [-0.39, 0.29) is 6.61 Å². The molecule has 0 atom stereocenters. The maximum absolute atomic E-state index is 8.47. The molecule has 0 spiro atoms. The van der Waals surface area contributed by atoms with Gasteiger partial charge in [0.1, 0.15) is 11.8 Å². The monoisotopic (exact) mass is 277 g/mol. The Balaban J connectivity index is 2.14. The summed E-state index contributed by atoms with van der Waals surface area (Å²) in [6.07, 6.45) is 0. The van der Waals surface area contributed by atoms with Gasteiger partial charge in [0.2, 0.25) is 0 Å². The maximum Gasteiger partial charge on any atom is 0.174 e. The van der Waals surface area contributed by atoms with Gasteiger partial charge in [-0.15, -0.1) is 0 Å². The van der Waals surface area contributed by atoms with Crippen LogP contribution in [0.3, 0.4) is 0 Å². The van der Waals surface area contributed by atoms with Crippen LogP contribution in [0.4, 0.5) is 0 Å². The SMILES string of the molecule is CN(C)CCOCCNCc1cccc(OCC#N)c1. The Morgan fingerprint density at radius 1 is 1.30 bits per heavy atom. The molecule has 5 nitrogen and oxygen atoms in total. The molecule has 1 N–H and O–H groups in total. The number of nitriles is 1. The fourth-order valence-corrected chi connectivity index (χ4v) is 1.59. The molecule has 1 aromatic rings. The smallest absolute Gasteiger partial charge is 0.174 e. The van der Waals surface area contributed by atoms with E-state index in [1.807, 2.05) is 44.4 Å². The van der Waals surface area contributed by atoms with Crippen LogP contribution in [-0.2, 0) is 11.3 Å². The van der Waals surface area contributed by atoms with E-state index in [0.717, 1.165) is 37.6 Å². The second kappa shape index (κ2) is 10.2. The van der Waals surface area contributed by atoms with Crippen LogP contribution in [0.5, 0.6) is 5.75 Å². The lowest BCUT2D eigenvalue weighted by molar-refractivity contribution is 0.119. The summed E-state index contributed by atoms with van der Waals surface area (Å²) in [5, 5.41) is 11.8. The molecule has 0 saturated carbocycles. The lowest BCUT2D eigenvalue weighted by Gasteiger charge is -2.10. The Bertz CT molecular complexity index is 416. The molecule has 0 radical (unpaired) electrons. The molecule has 0 aliphatic rings. The van der Waals surface area contributed by atoms with Gasteiger partial charge in [0, 0.05) is 19.6 Å². The summed E-state index contributed by atoms with van der Waals surface area (Å²) in [5.74, 6) is 0.730. The number of benzene rings is 1. The molecule has 0 aliphatic heterocycles. The molecule has 0 amide bonds. The van der Waals surface area contributed by atoms with Crippen molar-refractivity contribution in [3.05, 3.63) is 29.8 Å². The van der Waals surface area contributed by atoms with Gasteiger partial charge in [-0.1, -0.05) is 12.1 Å². The predicted molar refractivity (Wildman–Crippen MR) is 78.6 cm³/mol. The third kappa shape index (κ3) is 7.74. The van der Waals surface area contributed by atoms with E-state index in [1.54, 1.807) is 0 Å². The average Bonchev–Trinajstić information content (AvgIpc) is 2.44. The van der Waals surface area contributed by atoms with Gasteiger partial charge in [-0.2, -0.15) is 5.26 Å². The third-order valence-corrected chi connectivity index (χ3v) is 2.64. The van der Waals surface area contributed by atoms with E-state index in [4.69, 9.17) is 14.7 Å².